The summed E-state index contributed by atoms with van der Waals surface area (Å²) in [6, 6.07) is 2.42. The number of nitro groups is 1. The molecule has 22 heavy (non-hydrogen) atoms. The molecule has 6 nitrogen and oxygen atoms in total. The number of nitrogens with zero attached hydrogens (tertiary/aromatic N) is 2. The smallest absolute Gasteiger partial charge is 0.376 e. The van der Waals surface area contributed by atoms with E-state index in [-0.39, 0.29) is 17.9 Å². The van der Waals surface area contributed by atoms with E-state index in [1.807, 2.05) is 0 Å². The summed E-state index contributed by atoms with van der Waals surface area (Å²) < 4.78 is 43.4. The van der Waals surface area contributed by atoms with E-state index in [0.29, 0.717) is 24.7 Å². The van der Waals surface area contributed by atoms with Crippen molar-refractivity contribution in [3.63, 3.8) is 0 Å². The maximum Gasteiger partial charge on any atom is 0.416 e. The number of hydrogen-bond acceptors (Lipinski definition) is 4. The number of fused-ring (bicyclic) bond motifs is 1. The van der Waals surface area contributed by atoms with Gasteiger partial charge in [0.05, 0.1) is 29.3 Å². The quantitative estimate of drug-likeness (QED) is 0.682. The Morgan fingerprint density at radius 2 is 2.14 bits per heavy atom. The Kier molecular flexibility index (Phi) is 3.36. The van der Waals surface area contributed by atoms with Gasteiger partial charge in [0, 0.05) is 23.7 Å². The summed E-state index contributed by atoms with van der Waals surface area (Å²) in [5.74, 6) is 0. The third kappa shape index (κ3) is 2.43. The first-order valence-electron chi connectivity index (χ1n) is 6.38. The zero-order valence-corrected chi connectivity index (χ0v) is 11.1. The molecule has 0 atom stereocenters. The number of H-pyrrole nitrogens is 1. The van der Waals surface area contributed by atoms with Gasteiger partial charge < -0.3 is 4.74 Å². The van der Waals surface area contributed by atoms with Gasteiger partial charge in [0.25, 0.3) is 5.69 Å². The maximum atomic E-state index is 12.7. The summed E-state index contributed by atoms with van der Waals surface area (Å²) in [6.07, 6.45) is -4.06. The summed E-state index contributed by atoms with van der Waals surface area (Å²) in [5.41, 5.74) is 0.0407. The van der Waals surface area contributed by atoms with Gasteiger partial charge in [-0.3, -0.25) is 15.2 Å². The minimum absolute atomic E-state index is 0.0426. The van der Waals surface area contributed by atoms with Crippen LogP contribution in [0.15, 0.2) is 18.2 Å². The Balaban J connectivity index is 2.15. The lowest BCUT2D eigenvalue weighted by atomic mass is 10.0. The molecule has 1 aromatic heterocycles. The number of hydrogen-bond donors (Lipinski definition) is 1. The predicted molar refractivity (Wildman–Crippen MR) is 69.0 cm³/mol. The average molecular weight is 313 g/mol. The molecule has 1 N–H and O–H groups in total. The molecular weight excluding hydrogens is 303 g/mol. The van der Waals surface area contributed by atoms with E-state index in [2.05, 4.69) is 10.2 Å². The molecule has 0 fully saturated rings. The standard InChI is InChI=1S/C13H10F3N3O3/c14-13(15,16)7-1-2-8(11(5-7)19(20)21)12-9-6-22-4-3-10(9)17-18-12/h1-2,5H,3-4,6H2,(H,17,18). The van der Waals surface area contributed by atoms with Crippen molar-refractivity contribution in [2.24, 2.45) is 0 Å². The third-order valence-corrected chi connectivity index (χ3v) is 3.47. The molecule has 0 saturated heterocycles. The summed E-state index contributed by atoms with van der Waals surface area (Å²) in [7, 11) is 0. The highest BCUT2D eigenvalue weighted by Gasteiger charge is 2.34. The van der Waals surface area contributed by atoms with Gasteiger partial charge in [-0.25, -0.2) is 0 Å². The molecule has 0 radical (unpaired) electrons. The van der Waals surface area contributed by atoms with Gasteiger partial charge in [-0.1, -0.05) is 0 Å². The Morgan fingerprint density at radius 3 is 2.82 bits per heavy atom. The van der Waals surface area contributed by atoms with Gasteiger partial charge in [-0.05, 0) is 12.1 Å². The minimum atomic E-state index is -4.64. The molecule has 9 heteroatoms. The SMILES string of the molecule is O=[N+]([O-])c1cc(C(F)(F)F)ccc1-c1n[nH]c2c1COCC2. The monoisotopic (exact) mass is 313 g/mol. The van der Waals surface area contributed by atoms with Crippen molar-refractivity contribution in [1.29, 1.82) is 0 Å². The van der Waals surface area contributed by atoms with Crippen LogP contribution in [0.25, 0.3) is 11.3 Å². The number of aromatic amines is 1. The summed E-state index contributed by atoms with van der Waals surface area (Å²) in [4.78, 5) is 10.3. The molecule has 0 spiro atoms. The highest BCUT2D eigenvalue weighted by molar-refractivity contribution is 5.74. The second kappa shape index (κ2) is 5.09. The number of rotatable bonds is 2. The van der Waals surface area contributed by atoms with Gasteiger partial charge in [-0.2, -0.15) is 18.3 Å². The number of benzene rings is 1. The lowest BCUT2D eigenvalue weighted by molar-refractivity contribution is -0.384. The molecule has 1 aromatic carbocycles. The summed E-state index contributed by atoms with van der Waals surface area (Å²) >= 11 is 0. The van der Waals surface area contributed by atoms with Gasteiger partial charge in [0.2, 0.25) is 0 Å². The second-order valence-electron chi connectivity index (χ2n) is 4.82. The largest absolute Gasteiger partial charge is 0.416 e. The molecule has 2 aromatic rings. The van der Waals surface area contributed by atoms with E-state index >= 15 is 0 Å². The van der Waals surface area contributed by atoms with Crippen LogP contribution in [0.1, 0.15) is 16.8 Å². The van der Waals surface area contributed by atoms with E-state index in [1.54, 1.807) is 0 Å². The van der Waals surface area contributed by atoms with E-state index in [9.17, 15) is 23.3 Å². The van der Waals surface area contributed by atoms with Crippen LogP contribution in [0.5, 0.6) is 0 Å². The first-order valence-corrected chi connectivity index (χ1v) is 6.38. The molecule has 0 aliphatic carbocycles. The first kappa shape index (κ1) is 14.5. The third-order valence-electron chi connectivity index (χ3n) is 3.47. The Bertz CT molecular complexity index is 740. The molecule has 2 heterocycles. The average Bonchev–Trinajstić information content (AvgIpc) is 2.89. The van der Waals surface area contributed by atoms with E-state index in [1.165, 1.54) is 0 Å². The molecule has 116 valence electrons. The van der Waals surface area contributed by atoms with Crippen LogP contribution in [0.3, 0.4) is 0 Å². The van der Waals surface area contributed by atoms with Gasteiger partial charge >= 0.3 is 6.18 Å². The number of ether oxygens (including phenoxy) is 1. The number of nitro benzene ring substituents is 1. The van der Waals surface area contributed by atoms with Crippen molar-refractivity contribution in [1.82, 2.24) is 10.2 Å². The van der Waals surface area contributed by atoms with Crippen LogP contribution in [0, 0.1) is 10.1 Å². The van der Waals surface area contributed by atoms with Crippen LogP contribution in [0.4, 0.5) is 18.9 Å². The molecule has 0 bridgehead atoms. The molecule has 3 rings (SSSR count). The van der Waals surface area contributed by atoms with Gasteiger partial charge in [-0.15, -0.1) is 0 Å². The van der Waals surface area contributed by atoms with E-state index in [4.69, 9.17) is 4.74 Å². The normalized spacial score (nSPS) is 14.7. The van der Waals surface area contributed by atoms with Crippen LogP contribution in [0.2, 0.25) is 0 Å². The number of alkyl halides is 3. The Labute approximate surface area is 122 Å². The number of nitrogens with one attached hydrogen (secondary N) is 1. The molecule has 1 aliphatic heterocycles. The molecule has 0 unspecified atom stereocenters. The fourth-order valence-corrected chi connectivity index (χ4v) is 2.39. The van der Waals surface area contributed by atoms with Crippen molar-refractivity contribution in [2.75, 3.05) is 6.61 Å². The van der Waals surface area contributed by atoms with Crippen molar-refractivity contribution < 1.29 is 22.8 Å². The van der Waals surface area contributed by atoms with Crippen LogP contribution in [-0.4, -0.2) is 21.7 Å². The van der Waals surface area contributed by atoms with Crippen LogP contribution >= 0.6 is 0 Å². The van der Waals surface area contributed by atoms with Crippen LogP contribution < -0.4 is 0 Å². The van der Waals surface area contributed by atoms with Gasteiger partial charge in [0.15, 0.2) is 0 Å². The van der Waals surface area contributed by atoms with Gasteiger partial charge in [0.1, 0.15) is 5.69 Å². The van der Waals surface area contributed by atoms with Crippen molar-refractivity contribution in [3.05, 3.63) is 45.1 Å². The Hall–Kier alpha value is -2.42. The van der Waals surface area contributed by atoms with E-state index < -0.39 is 22.4 Å². The lowest BCUT2D eigenvalue weighted by Gasteiger charge is -2.13. The van der Waals surface area contributed by atoms with Crippen molar-refractivity contribution in [2.45, 2.75) is 19.2 Å². The highest BCUT2D eigenvalue weighted by Crippen LogP contribution is 2.38. The molecule has 1 aliphatic rings. The summed E-state index contributed by atoms with van der Waals surface area (Å²) in [6.45, 7) is 0.725. The zero-order valence-electron chi connectivity index (χ0n) is 11.1. The predicted octanol–water partition coefficient (Wildman–Crippen LogP) is 3.08. The fraction of sp³-hybridized carbons (Fsp3) is 0.308. The fourth-order valence-electron chi connectivity index (χ4n) is 2.39. The minimum Gasteiger partial charge on any atom is -0.376 e. The Morgan fingerprint density at radius 1 is 1.36 bits per heavy atom. The zero-order chi connectivity index (χ0) is 15.9. The maximum absolute atomic E-state index is 12.7. The molecule has 0 amide bonds. The van der Waals surface area contributed by atoms with E-state index in [0.717, 1.165) is 17.8 Å². The van der Waals surface area contributed by atoms with Crippen LogP contribution in [-0.2, 0) is 23.9 Å². The highest BCUT2D eigenvalue weighted by atomic mass is 19.4. The molecule has 0 saturated carbocycles. The van der Waals surface area contributed by atoms with Crippen molar-refractivity contribution in [3.8, 4) is 11.3 Å². The van der Waals surface area contributed by atoms with Crippen molar-refractivity contribution >= 4 is 5.69 Å². The first-order chi connectivity index (χ1) is 10.4. The topological polar surface area (TPSA) is 81.0 Å². The number of halogens is 3. The number of aromatic nitrogens is 2. The lowest BCUT2D eigenvalue weighted by Crippen LogP contribution is -2.09. The second-order valence-corrected chi connectivity index (χ2v) is 4.82. The molecular formula is C13H10F3N3O3. The summed E-state index contributed by atoms with van der Waals surface area (Å²) in [5, 5.41) is 17.9.